The van der Waals surface area contributed by atoms with Crippen molar-refractivity contribution in [2.45, 2.75) is 12.5 Å². The van der Waals surface area contributed by atoms with Gasteiger partial charge in [-0.1, -0.05) is 5.16 Å². The van der Waals surface area contributed by atoms with Gasteiger partial charge in [-0.15, -0.1) is 0 Å². The van der Waals surface area contributed by atoms with Crippen LogP contribution in [-0.4, -0.2) is 33.2 Å². The third-order valence-corrected chi connectivity index (χ3v) is 3.88. The first-order valence-corrected chi connectivity index (χ1v) is 7.10. The summed E-state index contributed by atoms with van der Waals surface area (Å²) >= 11 is 1.91. The number of nitrogens with one attached hydrogen (secondary N) is 1. The van der Waals surface area contributed by atoms with Crippen LogP contribution < -0.4 is 5.32 Å². The van der Waals surface area contributed by atoms with Crippen molar-refractivity contribution in [3.05, 3.63) is 41.8 Å². The maximum Gasteiger partial charge on any atom is 0.244 e. The molecule has 1 saturated heterocycles. The van der Waals surface area contributed by atoms with Crippen LogP contribution in [0.15, 0.2) is 29.0 Å². The Morgan fingerprint density at radius 2 is 2.28 bits per heavy atom. The van der Waals surface area contributed by atoms with Crippen molar-refractivity contribution in [3.63, 3.8) is 0 Å². The van der Waals surface area contributed by atoms with Crippen LogP contribution in [0.3, 0.4) is 0 Å². The number of pyridine rings is 1. The molecule has 0 aromatic carbocycles. The molecule has 0 radical (unpaired) electrons. The van der Waals surface area contributed by atoms with Crippen LogP contribution in [0, 0.1) is 0 Å². The van der Waals surface area contributed by atoms with Gasteiger partial charge in [0.25, 0.3) is 0 Å². The van der Waals surface area contributed by atoms with Crippen molar-refractivity contribution >= 4 is 11.8 Å². The molecule has 1 atom stereocenters. The van der Waals surface area contributed by atoms with E-state index in [1.54, 1.807) is 12.4 Å². The molecule has 0 saturated carbocycles. The average molecular weight is 262 g/mol. The van der Waals surface area contributed by atoms with Crippen LogP contribution in [0.5, 0.6) is 0 Å². The highest BCUT2D eigenvalue weighted by molar-refractivity contribution is 7.99. The number of nitrogens with zero attached hydrogens (tertiary/aromatic N) is 3. The first-order valence-electron chi connectivity index (χ1n) is 5.94. The van der Waals surface area contributed by atoms with E-state index in [2.05, 4.69) is 20.4 Å². The summed E-state index contributed by atoms with van der Waals surface area (Å²) in [5.41, 5.74) is 1.14. The van der Waals surface area contributed by atoms with Crippen LogP contribution in [0.1, 0.15) is 23.3 Å². The Balaban J connectivity index is 1.69. The molecule has 3 rings (SSSR count). The van der Waals surface area contributed by atoms with E-state index in [1.165, 1.54) is 0 Å². The smallest absolute Gasteiger partial charge is 0.244 e. The van der Waals surface area contributed by atoms with E-state index in [-0.39, 0.29) is 6.04 Å². The van der Waals surface area contributed by atoms with Crippen molar-refractivity contribution in [2.24, 2.45) is 0 Å². The third-order valence-electron chi connectivity index (χ3n) is 2.82. The molecule has 5 nitrogen and oxygen atoms in total. The zero-order chi connectivity index (χ0) is 12.2. The molecular weight excluding hydrogens is 248 g/mol. The summed E-state index contributed by atoms with van der Waals surface area (Å²) in [7, 11) is 0. The molecule has 94 valence electrons. The zero-order valence-corrected chi connectivity index (χ0v) is 10.7. The first-order chi connectivity index (χ1) is 8.92. The summed E-state index contributed by atoms with van der Waals surface area (Å²) in [4.78, 5) is 8.44. The van der Waals surface area contributed by atoms with Crippen LogP contribution in [0.25, 0.3) is 0 Å². The number of hydrogen-bond donors (Lipinski definition) is 1. The molecule has 2 aromatic rings. The summed E-state index contributed by atoms with van der Waals surface area (Å²) in [6.07, 6.45) is 4.23. The third kappa shape index (κ3) is 2.70. The van der Waals surface area contributed by atoms with Crippen molar-refractivity contribution in [1.29, 1.82) is 0 Å². The normalized spacial score (nSPS) is 19.9. The standard InChI is InChI=1S/C12H14N4OS/c1-3-13-4-2-9(1)7-11-15-12(17-16-11)10-8-18-6-5-14-10/h1-4,10,14H,5-8H2. The average Bonchev–Trinajstić information content (AvgIpc) is 2.89. The molecule has 18 heavy (non-hydrogen) atoms. The summed E-state index contributed by atoms with van der Waals surface area (Å²) < 4.78 is 5.32. The highest BCUT2D eigenvalue weighted by atomic mass is 32.2. The predicted molar refractivity (Wildman–Crippen MR) is 69.4 cm³/mol. The Hall–Kier alpha value is -1.40. The van der Waals surface area contributed by atoms with Crippen LogP contribution in [0.4, 0.5) is 0 Å². The summed E-state index contributed by atoms with van der Waals surface area (Å²) in [5.74, 6) is 3.57. The van der Waals surface area contributed by atoms with Gasteiger partial charge in [0.2, 0.25) is 5.89 Å². The molecule has 0 bridgehead atoms. The Morgan fingerprint density at radius 3 is 3.06 bits per heavy atom. The van der Waals surface area contributed by atoms with Gasteiger partial charge in [0.15, 0.2) is 5.82 Å². The largest absolute Gasteiger partial charge is 0.338 e. The van der Waals surface area contributed by atoms with Gasteiger partial charge in [0.1, 0.15) is 0 Å². The monoisotopic (exact) mass is 262 g/mol. The molecule has 1 aliphatic heterocycles. The second-order valence-electron chi connectivity index (χ2n) is 4.16. The molecular formula is C12H14N4OS. The van der Waals surface area contributed by atoms with E-state index in [0.29, 0.717) is 12.3 Å². The Bertz CT molecular complexity index is 496. The van der Waals surface area contributed by atoms with Gasteiger partial charge in [-0.05, 0) is 17.7 Å². The molecule has 0 spiro atoms. The van der Waals surface area contributed by atoms with E-state index < -0.39 is 0 Å². The highest BCUT2D eigenvalue weighted by Crippen LogP contribution is 2.20. The zero-order valence-electron chi connectivity index (χ0n) is 9.87. The fraction of sp³-hybridized carbons (Fsp3) is 0.417. The minimum absolute atomic E-state index is 0.197. The molecule has 1 fully saturated rings. The van der Waals surface area contributed by atoms with E-state index >= 15 is 0 Å². The Kier molecular flexibility index (Phi) is 3.56. The SMILES string of the molecule is c1cc(Cc2noc(C3CSCCN3)n2)ccn1. The predicted octanol–water partition coefficient (Wildman–Crippen LogP) is 1.43. The van der Waals surface area contributed by atoms with E-state index in [4.69, 9.17) is 4.52 Å². The molecule has 1 aliphatic rings. The van der Waals surface area contributed by atoms with Crippen molar-refractivity contribution in [1.82, 2.24) is 20.4 Å². The lowest BCUT2D eigenvalue weighted by molar-refractivity contribution is 0.339. The Labute approximate surface area is 109 Å². The maximum atomic E-state index is 5.32. The van der Waals surface area contributed by atoms with Gasteiger partial charge in [0, 0.05) is 36.9 Å². The topological polar surface area (TPSA) is 63.8 Å². The molecule has 1 unspecified atom stereocenters. The number of hydrogen-bond acceptors (Lipinski definition) is 6. The lowest BCUT2D eigenvalue weighted by atomic mass is 10.2. The van der Waals surface area contributed by atoms with Crippen molar-refractivity contribution in [3.8, 4) is 0 Å². The van der Waals surface area contributed by atoms with Crippen LogP contribution in [0.2, 0.25) is 0 Å². The minimum Gasteiger partial charge on any atom is -0.338 e. The fourth-order valence-corrected chi connectivity index (χ4v) is 2.81. The van der Waals surface area contributed by atoms with Crippen LogP contribution >= 0.6 is 11.8 Å². The quantitative estimate of drug-likeness (QED) is 0.903. The van der Waals surface area contributed by atoms with Crippen molar-refractivity contribution < 1.29 is 4.52 Å². The number of aromatic nitrogens is 3. The molecule has 0 aliphatic carbocycles. The molecule has 0 amide bonds. The van der Waals surface area contributed by atoms with Crippen molar-refractivity contribution in [2.75, 3.05) is 18.1 Å². The van der Waals surface area contributed by atoms with E-state index in [0.717, 1.165) is 29.4 Å². The van der Waals surface area contributed by atoms with Gasteiger partial charge >= 0.3 is 0 Å². The summed E-state index contributed by atoms with van der Waals surface area (Å²) in [6, 6.07) is 4.12. The van der Waals surface area contributed by atoms with Crippen LogP contribution in [-0.2, 0) is 6.42 Å². The van der Waals surface area contributed by atoms with Gasteiger partial charge in [-0.3, -0.25) is 4.98 Å². The second-order valence-corrected chi connectivity index (χ2v) is 5.31. The summed E-state index contributed by atoms with van der Waals surface area (Å²) in [5, 5.41) is 7.42. The maximum absolute atomic E-state index is 5.32. The lowest BCUT2D eigenvalue weighted by Crippen LogP contribution is -2.30. The van der Waals surface area contributed by atoms with Gasteiger partial charge in [-0.25, -0.2) is 0 Å². The van der Waals surface area contributed by atoms with Gasteiger partial charge in [-0.2, -0.15) is 16.7 Å². The van der Waals surface area contributed by atoms with Gasteiger partial charge < -0.3 is 9.84 Å². The first kappa shape index (κ1) is 11.7. The van der Waals surface area contributed by atoms with E-state index in [1.807, 2.05) is 23.9 Å². The Morgan fingerprint density at radius 1 is 1.39 bits per heavy atom. The number of thioether (sulfide) groups is 1. The van der Waals surface area contributed by atoms with E-state index in [9.17, 15) is 0 Å². The summed E-state index contributed by atoms with van der Waals surface area (Å²) in [6.45, 7) is 0.997. The van der Waals surface area contributed by atoms with Gasteiger partial charge in [0.05, 0.1) is 6.04 Å². The highest BCUT2D eigenvalue weighted by Gasteiger charge is 2.21. The fourth-order valence-electron chi connectivity index (χ4n) is 1.89. The molecule has 6 heteroatoms. The number of rotatable bonds is 3. The molecule has 3 heterocycles. The lowest BCUT2D eigenvalue weighted by Gasteiger charge is -2.19. The molecule has 2 aromatic heterocycles. The minimum atomic E-state index is 0.197. The second kappa shape index (κ2) is 5.49. The molecule has 1 N–H and O–H groups in total.